The van der Waals surface area contributed by atoms with Crippen molar-refractivity contribution in [2.75, 3.05) is 25.5 Å². The molecule has 0 radical (unpaired) electrons. The molecule has 0 bridgehead atoms. The fraction of sp³-hybridized carbons (Fsp3) is 0.294. The van der Waals surface area contributed by atoms with E-state index in [4.69, 9.17) is 5.73 Å². The van der Waals surface area contributed by atoms with Crippen LogP contribution in [0.3, 0.4) is 0 Å². The van der Waals surface area contributed by atoms with Crippen molar-refractivity contribution in [3.63, 3.8) is 0 Å². The summed E-state index contributed by atoms with van der Waals surface area (Å²) in [4.78, 5) is 20.3. The summed E-state index contributed by atoms with van der Waals surface area (Å²) < 4.78 is 0. The second-order valence-electron chi connectivity index (χ2n) is 5.30. The number of amides is 1. The van der Waals surface area contributed by atoms with E-state index in [0.29, 0.717) is 12.1 Å². The molecule has 5 nitrogen and oxygen atoms in total. The second kappa shape index (κ2) is 7.04. The number of nitrogens with two attached hydrogens (primary N) is 1. The Hall–Kier alpha value is -2.40. The Balaban J connectivity index is 2.15. The van der Waals surface area contributed by atoms with Crippen molar-refractivity contribution < 1.29 is 4.79 Å². The number of likely N-dealkylation sites (N-methyl/N-ethyl adjacent to an activating group) is 1. The molecule has 1 amide bonds. The standard InChI is InChI=1S/C17H22N4O/c1-13(11-18)20(2)17(22)14-9-10-16(19-12-14)21(3)15-7-5-4-6-8-15/h4-10,12-13H,11,18H2,1-3H3. The molecular formula is C17H22N4O. The molecule has 2 aromatic rings. The van der Waals surface area contributed by atoms with Crippen LogP contribution in [-0.2, 0) is 0 Å². The maximum atomic E-state index is 12.3. The van der Waals surface area contributed by atoms with Crippen LogP contribution in [0.2, 0.25) is 0 Å². The third-order valence-electron chi connectivity index (χ3n) is 3.80. The first-order valence-electron chi connectivity index (χ1n) is 7.26. The van der Waals surface area contributed by atoms with Crippen LogP contribution in [0.4, 0.5) is 11.5 Å². The summed E-state index contributed by atoms with van der Waals surface area (Å²) in [5.41, 5.74) is 7.21. The topological polar surface area (TPSA) is 62.5 Å². The number of rotatable bonds is 5. The fourth-order valence-corrected chi connectivity index (χ4v) is 2.06. The van der Waals surface area contributed by atoms with Crippen molar-refractivity contribution in [1.82, 2.24) is 9.88 Å². The molecule has 1 atom stereocenters. The predicted molar refractivity (Wildman–Crippen MR) is 89.4 cm³/mol. The van der Waals surface area contributed by atoms with Gasteiger partial charge in [0.25, 0.3) is 5.91 Å². The van der Waals surface area contributed by atoms with Crippen LogP contribution in [0.5, 0.6) is 0 Å². The Morgan fingerprint density at radius 3 is 2.41 bits per heavy atom. The number of benzene rings is 1. The van der Waals surface area contributed by atoms with Crippen molar-refractivity contribution in [3.8, 4) is 0 Å². The molecule has 116 valence electrons. The summed E-state index contributed by atoms with van der Waals surface area (Å²) in [5.74, 6) is 0.719. The highest BCUT2D eigenvalue weighted by Gasteiger charge is 2.17. The number of carbonyl (C=O) groups is 1. The predicted octanol–water partition coefficient (Wildman–Crippen LogP) is 2.27. The maximum absolute atomic E-state index is 12.3. The number of pyridine rings is 1. The van der Waals surface area contributed by atoms with Gasteiger partial charge in [0.2, 0.25) is 0 Å². The van der Waals surface area contributed by atoms with Crippen molar-refractivity contribution in [2.45, 2.75) is 13.0 Å². The summed E-state index contributed by atoms with van der Waals surface area (Å²) in [6.07, 6.45) is 1.61. The van der Waals surface area contributed by atoms with Crippen molar-refractivity contribution in [2.24, 2.45) is 5.73 Å². The van der Waals surface area contributed by atoms with Crippen LogP contribution in [-0.4, -0.2) is 42.5 Å². The van der Waals surface area contributed by atoms with Gasteiger partial charge < -0.3 is 15.5 Å². The largest absolute Gasteiger partial charge is 0.338 e. The van der Waals surface area contributed by atoms with E-state index in [1.54, 1.807) is 24.2 Å². The second-order valence-corrected chi connectivity index (χ2v) is 5.30. The van der Waals surface area contributed by atoms with Gasteiger partial charge in [0, 0.05) is 38.6 Å². The average Bonchev–Trinajstić information content (AvgIpc) is 2.60. The zero-order valence-corrected chi connectivity index (χ0v) is 13.2. The van der Waals surface area contributed by atoms with E-state index < -0.39 is 0 Å². The fourth-order valence-electron chi connectivity index (χ4n) is 2.06. The van der Waals surface area contributed by atoms with E-state index in [1.165, 1.54) is 0 Å². The summed E-state index contributed by atoms with van der Waals surface area (Å²) >= 11 is 0. The van der Waals surface area contributed by atoms with Crippen molar-refractivity contribution in [3.05, 3.63) is 54.2 Å². The molecule has 2 rings (SSSR count). The molecule has 5 heteroatoms. The molecular weight excluding hydrogens is 276 g/mol. The van der Waals surface area contributed by atoms with Crippen LogP contribution in [0.15, 0.2) is 48.7 Å². The number of aromatic nitrogens is 1. The van der Waals surface area contributed by atoms with Gasteiger partial charge in [-0.25, -0.2) is 4.98 Å². The number of hydrogen-bond donors (Lipinski definition) is 1. The van der Waals surface area contributed by atoms with Gasteiger partial charge in [0.15, 0.2) is 0 Å². The van der Waals surface area contributed by atoms with Gasteiger partial charge in [-0.3, -0.25) is 4.79 Å². The summed E-state index contributed by atoms with van der Waals surface area (Å²) in [6.45, 7) is 2.35. The molecule has 0 saturated heterocycles. The lowest BCUT2D eigenvalue weighted by Crippen LogP contribution is -2.39. The molecule has 22 heavy (non-hydrogen) atoms. The average molecular weight is 298 g/mol. The van der Waals surface area contributed by atoms with Crippen LogP contribution in [0, 0.1) is 0 Å². The first kappa shape index (κ1) is 16.0. The highest BCUT2D eigenvalue weighted by molar-refractivity contribution is 5.94. The minimum Gasteiger partial charge on any atom is -0.338 e. The monoisotopic (exact) mass is 298 g/mol. The first-order chi connectivity index (χ1) is 10.5. The van der Waals surface area contributed by atoms with Crippen molar-refractivity contribution in [1.29, 1.82) is 0 Å². The Labute approximate surface area is 131 Å². The van der Waals surface area contributed by atoms with Crippen molar-refractivity contribution >= 4 is 17.4 Å². The third kappa shape index (κ3) is 3.43. The lowest BCUT2D eigenvalue weighted by atomic mass is 10.2. The third-order valence-corrected chi connectivity index (χ3v) is 3.80. The van der Waals surface area contributed by atoms with E-state index in [0.717, 1.165) is 11.5 Å². The number of nitrogens with zero attached hydrogens (tertiary/aromatic N) is 3. The molecule has 1 unspecified atom stereocenters. The molecule has 1 aromatic carbocycles. The van der Waals surface area contributed by atoms with Gasteiger partial charge >= 0.3 is 0 Å². The van der Waals surface area contributed by atoms with Gasteiger partial charge in [0.05, 0.1) is 5.56 Å². The van der Waals surface area contributed by atoms with E-state index in [9.17, 15) is 4.79 Å². The SMILES string of the molecule is CC(CN)N(C)C(=O)c1ccc(N(C)c2ccccc2)nc1. The Morgan fingerprint density at radius 1 is 1.18 bits per heavy atom. The number of para-hydroxylation sites is 1. The smallest absolute Gasteiger partial charge is 0.255 e. The first-order valence-corrected chi connectivity index (χ1v) is 7.26. The maximum Gasteiger partial charge on any atom is 0.255 e. The molecule has 2 N–H and O–H groups in total. The minimum atomic E-state index is -0.0700. The van der Waals surface area contributed by atoms with E-state index in [-0.39, 0.29) is 11.9 Å². The van der Waals surface area contributed by atoms with Gasteiger partial charge in [-0.2, -0.15) is 0 Å². The lowest BCUT2D eigenvalue weighted by Gasteiger charge is -2.24. The quantitative estimate of drug-likeness (QED) is 0.920. The molecule has 0 aliphatic carbocycles. The molecule has 0 aliphatic heterocycles. The molecule has 1 heterocycles. The van der Waals surface area contributed by atoms with E-state index in [2.05, 4.69) is 4.98 Å². The summed E-state index contributed by atoms with van der Waals surface area (Å²) in [5, 5.41) is 0. The summed E-state index contributed by atoms with van der Waals surface area (Å²) in [7, 11) is 3.70. The number of carbonyl (C=O) groups excluding carboxylic acids is 1. The van der Waals surface area contributed by atoms with Gasteiger partial charge in [-0.05, 0) is 31.2 Å². The lowest BCUT2D eigenvalue weighted by molar-refractivity contribution is 0.0748. The summed E-state index contributed by atoms with van der Waals surface area (Å²) in [6, 6.07) is 13.6. The van der Waals surface area contributed by atoms with Crippen LogP contribution in [0.1, 0.15) is 17.3 Å². The Kier molecular flexibility index (Phi) is 5.12. The Bertz CT molecular complexity index is 612. The zero-order chi connectivity index (χ0) is 16.1. The van der Waals surface area contributed by atoms with Crippen LogP contribution < -0.4 is 10.6 Å². The highest BCUT2D eigenvalue weighted by Crippen LogP contribution is 2.21. The van der Waals surface area contributed by atoms with Crippen LogP contribution >= 0.6 is 0 Å². The minimum absolute atomic E-state index is 0.000770. The van der Waals surface area contributed by atoms with E-state index in [1.807, 2.05) is 55.3 Å². The molecule has 0 aliphatic rings. The molecule has 0 fully saturated rings. The Morgan fingerprint density at radius 2 is 1.86 bits per heavy atom. The van der Waals surface area contributed by atoms with Crippen LogP contribution in [0.25, 0.3) is 0 Å². The van der Waals surface area contributed by atoms with E-state index >= 15 is 0 Å². The van der Waals surface area contributed by atoms with Gasteiger partial charge in [-0.1, -0.05) is 18.2 Å². The van der Waals surface area contributed by atoms with Gasteiger partial charge in [0.1, 0.15) is 5.82 Å². The van der Waals surface area contributed by atoms with Gasteiger partial charge in [-0.15, -0.1) is 0 Å². The normalized spacial score (nSPS) is 11.8. The molecule has 0 spiro atoms. The highest BCUT2D eigenvalue weighted by atomic mass is 16.2. The number of anilines is 2. The number of hydrogen-bond acceptors (Lipinski definition) is 4. The molecule has 0 saturated carbocycles. The molecule has 1 aromatic heterocycles. The zero-order valence-electron chi connectivity index (χ0n) is 13.2.